The number of aliphatic hydroxyl groups excluding tert-OH is 2. The van der Waals surface area contributed by atoms with Crippen LogP contribution in [0.25, 0.3) is 11.1 Å². The molecule has 39 heavy (non-hydrogen) atoms. The Morgan fingerprint density at radius 3 is 2.26 bits per heavy atom. The van der Waals surface area contributed by atoms with E-state index in [0.29, 0.717) is 22.4 Å². The lowest BCUT2D eigenvalue weighted by molar-refractivity contribution is -0.148. The summed E-state index contributed by atoms with van der Waals surface area (Å²) in [6.45, 7) is 0. The summed E-state index contributed by atoms with van der Waals surface area (Å²) in [5.41, 5.74) is 4.09. The van der Waals surface area contributed by atoms with Gasteiger partial charge in [-0.3, -0.25) is 19.3 Å². The molecule has 0 saturated heterocycles. The van der Waals surface area contributed by atoms with Crippen LogP contribution in [0.1, 0.15) is 22.3 Å². The third-order valence-corrected chi connectivity index (χ3v) is 8.27. The van der Waals surface area contributed by atoms with Crippen molar-refractivity contribution in [3.8, 4) is 16.9 Å². The van der Waals surface area contributed by atoms with Gasteiger partial charge in [0.2, 0.25) is 5.78 Å². The van der Waals surface area contributed by atoms with Crippen LogP contribution < -0.4 is 10.6 Å². The van der Waals surface area contributed by atoms with Crippen molar-refractivity contribution >= 4 is 23.2 Å². The summed E-state index contributed by atoms with van der Waals surface area (Å²) in [5.74, 6) is -6.65. The van der Waals surface area contributed by atoms with Crippen molar-refractivity contribution in [2.75, 3.05) is 33.1 Å². The van der Waals surface area contributed by atoms with Crippen molar-refractivity contribution in [1.29, 1.82) is 0 Å². The SMILES string of the molecule is CN(C)c1cc(-c2ccccc2)c(O)c2c1C[C@@H]1C[C@@H]3[C@@H](N(C)C)C(O)=C(C(N)=O)C(=O)[C@]3(O)C(O)=C1C2=O. The third-order valence-electron chi connectivity index (χ3n) is 8.27. The Hall–Kier alpha value is -4.15. The minimum atomic E-state index is -2.67. The highest BCUT2D eigenvalue weighted by Crippen LogP contribution is 2.54. The molecule has 3 aliphatic carbocycles. The second-order valence-corrected chi connectivity index (χ2v) is 10.9. The molecule has 2 aromatic rings. The Morgan fingerprint density at radius 2 is 1.69 bits per heavy atom. The van der Waals surface area contributed by atoms with E-state index in [1.165, 1.54) is 4.90 Å². The number of hydrogen-bond donors (Lipinski definition) is 5. The molecule has 0 bridgehead atoms. The number of amides is 1. The highest BCUT2D eigenvalue weighted by Gasteiger charge is 2.63. The number of hydrogen-bond acceptors (Lipinski definition) is 9. The smallest absolute Gasteiger partial charge is 0.255 e. The standard InChI is InChI=1S/C29H31N3O7/c1-31(2)18-12-15(13-8-6-5-7-9-13)23(33)20-16(18)10-14-11-17-22(32(3)4)25(35)21(28(30)38)27(37)29(17,39)26(36)19(14)24(20)34/h5-9,12,14,17,22,33,35-36,39H,10-11H2,1-4H3,(H2,30,38)/t14-,17-,22-,29-/m1/s1. The number of carbonyl (C=O) groups excluding carboxylic acids is 3. The Labute approximate surface area is 225 Å². The van der Waals surface area contributed by atoms with E-state index in [1.54, 1.807) is 26.2 Å². The third kappa shape index (κ3) is 3.59. The lowest BCUT2D eigenvalue weighted by Crippen LogP contribution is -2.63. The quantitative estimate of drug-likeness (QED) is 0.369. The number of primary amides is 1. The first kappa shape index (κ1) is 26.5. The normalized spacial score (nSPS) is 26.4. The molecule has 10 heteroatoms. The maximum Gasteiger partial charge on any atom is 0.255 e. The number of rotatable bonds is 4. The molecule has 5 rings (SSSR count). The molecule has 0 aliphatic heterocycles. The fourth-order valence-corrected chi connectivity index (χ4v) is 6.54. The number of carbonyl (C=O) groups is 3. The van der Waals surface area contributed by atoms with Gasteiger partial charge in [-0.2, -0.15) is 0 Å². The molecule has 0 spiro atoms. The Bertz CT molecular complexity index is 1490. The molecular weight excluding hydrogens is 502 g/mol. The number of ketones is 2. The van der Waals surface area contributed by atoms with Gasteiger partial charge in [0, 0.05) is 36.8 Å². The van der Waals surface area contributed by atoms with Crippen LogP contribution in [0.5, 0.6) is 5.75 Å². The van der Waals surface area contributed by atoms with E-state index in [0.717, 1.165) is 0 Å². The molecule has 0 fully saturated rings. The fourth-order valence-electron chi connectivity index (χ4n) is 6.54. The van der Waals surface area contributed by atoms with E-state index < -0.39 is 58.0 Å². The van der Waals surface area contributed by atoms with Crippen LogP contribution >= 0.6 is 0 Å². The minimum Gasteiger partial charge on any atom is -0.510 e. The number of phenolic OH excluding ortho intramolecular Hbond substituents is 1. The van der Waals surface area contributed by atoms with Crippen LogP contribution in [0.2, 0.25) is 0 Å². The summed E-state index contributed by atoms with van der Waals surface area (Å²) < 4.78 is 0. The summed E-state index contributed by atoms with van der Waals surface area (Å²) in [5, 5.41) is 45.5. The van der Waals surface area contributed by atoms with E-state index in [4.69, 9.17) is 5.73 Å². The number of likely N-dealkylation sites (N-methyl/N-ethyl adjacent to an activating group) is 1. The maximum atomic E-state index is 14.1. The molecule has 6 N–H and O–H groups in total. The van der Waals surface area contributed by atoms with Crippen LogP contribution in [-0.4, -0.2) is 82.6 Å². The van der Waals surface area contributed by atoms with E-state index in [2.05, 4.69) is 0 Å². The van der Waals surface area contributed by atoms with Crippen molar-refractivity contribution in [3.63, 3.8) is 0 Å². The van der Waals surface area contributed by atoms with Crippen LogP contribution in [0.3, 0.4) is 0 Å². The number of benzene rings is 2. The average Bonchev–Trinajstić information content (AvgIpc) is 2.86. The molecule has 0 aromatic heterocycles. The number of nitrogens with zero attached hydrogens (tertiary/aromatic N) is 2. The van der Waals surface area contributed by atoms with Crippen molar-refractivity contribution in [2.45, 2.75) is 24.5 Å². The van der Waals surface area contributed by atoms with Gasteiger partial charge >= 0.3 is 0 Å². The summed E-state index contributed by atoms with van der Waals surface area (Å²) >= 11 is 0. The highest BCUT2D eigenvalue weighted by molar-refractivity contribution is 6.25. The van der Waals surface area contributed by atoms with Crippen molar-refractivity contribution in [2.24, 2.45) is 17.6 Å². The second kappa shape index (κ2) is 8.96. The molecule has 0 unspecified atom stereocenters. The van der Waals surface area contributed by atoms with Crippen molar-refractivity contribution in [3.05, 3.63) is 70.2 Å². The molecule has 0 saturated carbocycles. The summed E-state index contributed by atoms with van der Waals surface area (Å²) in [4.78, 5) is 43.0. The van der Waals surface area contributed by atoms with Gasteiger partial charge in [0.1, 0.15) is 22.8 Å². The number of allylic oxidation sites excluding steroid dienone is 1. The van der Waals surface area contributed by atoms with Crippen LogP contribution in [-0.2, 0) is 16.0 Å². The molecule has 0 radical (unpaired) electrons. The predicted octanol–water partition coefficient (Wildman–Crippen LogP) is 1.85. The van der Waals surface area contributed by atoms with Gasteiger partial charge < -0.3 is 31.1 Å². The van der Waals surface area contributed by atoms with E-state index in [-0.39, 0.29) is 29.7 Å². The van der Waals surface area contributed by atoms with Crippen LogP contribution in [0.15, 0.2) is 59.1 Å². The predicted molar refractivity (Wildman–Crippen MR) is 143 cm³/mol. The lowest BCUT2D eigenvalue weighted by atomic mass is 9.58. The van der Waals surface area contributed by atoms with E-state index >= 15 is 0 Å². The number of nitrogens with two attached hydrogens (primary N) is 1. The molecule has 1 amide bonds. The zero-order valence-corrected chi connectivity index (χ0v) is 22.1. The van der Waals surface area contributed by atoms with Crippen LogP contribution in [0, 0.1) is 11.8 Å². The van der Waals surface area contributed by atoms with Gasteiger partial charge in [-0.15, -0.1) is 0 Å². The molecule has 0 heterocycles. The number of Topliss-reactive ketones (excluding diaryl/α,β-unsaturated/α-hetero) is 2. The maximum absolute atomic E-state index is 14.1. The summed E-state index contributed by atoms with van der Waals surface area (Å²) in [7, 11) is 6.84. The van der Waals surface area contributed by atoms with Crippen LogP contribution in [0.4, 0.5) is 5.69 Å². The van der Waals surface area contributed by atoms with Gasteiger partial charge in [-0.05, 0) is 50.0 Å². The molecule has 3 aliphatic rings. The van der Waals surface area contributed by atoms with E-state index in [1.807, 2.05) is 43.3 Å². The molecular formula is C29H31N3O7. The van der Waals surface area contributed by atoms with Gasteiger partial charge in [0.25, 0.3) is 5.91 Å². The molecule has 2 aromatic carbocycles. The molecule has 4 atom stereocenters. The number of fused-ring (bicyclic) bond motifs is 3. The van der Waals surface area contributed by atoms with Gasteiger partial charge in [-0.1, -0.05) is 30.3 Å². The average molecular weight is 534 g/mol. The number of anilines is 1. The highest BCUT2D eigenvalue weighted by atomic mass is 16.3. The lowest BCUT2D eigenvalue weighted by Gasteiger charge is -2.50. The van der Waals surface area contributed by atoms with Crippen molar-refractivity contribution < 1.29 is 34.8 Å². The zero-order chi connectivity index (χ0) is 28.5. The second-order valence-electron chi connectivity index (χ2n) is 10.9. The molecule has 204 valence electrons. The Balaban J connectivity index is 1.76. The number of phenols is 1. The first-order chi connectivity index (χ1) is 18.3. The summed E-state index contributed by atoms with van der Waals surface area (Å²) in [6, 6.07) is 9.83. The summed E-state index contributed by atoms with van der Waals surface area (Å²) in [6.07, 6.45) is 0.268. The first-order valence-electron chi connectivity index (χ1n) is 12.6. The van der Waals surface area contributed by atoms with E-state index in [9.17, 15) is 34.8 Å². The topological polar surface area (TPSA) is 165 Å². The fraction of sp³-hybridized carbons (Fsp3) is 0.345. The van der Waals surface area contributed by atoms with Gasteiger partial charge in [0.05, 0.1) is 11.6 Å². The zero-order valence-electron chi connectivity index (χ0n) is 22.1. The monoisotopic (exact) mass is 533 g/mol. The van der Waals surface area contributed by atoms with Gasteiger partial charge in [-0.25, -0.2) is 0 Å². The minimum absolute atomic E-state index is 0.0131. The first-order valence-corrected chi connectivity index (χ1v) is 12.6. The number of aromatic hydroxyl groups is 1. The Morgan fingerprint density at radius 1 is 1.05 bits per heavy atom. The number of aliphatic hydroxyl groups is 3. The van der Waals surface area contributed by atoms with Gasteiger partial charge in [0.15, 0.2) is 11.4 Å². The molecule has 10 nitrogen and oxygen atoms in total. The largest absolute Gasteiger partial charge is 0.510 e. The Kier molecular flexibility index (Phi) is 6.08. The van der Waals surface area contributed by atoms with Crippen molar-refractivity contribution in [1.82, 2.24) is 4.90 Å².